The van der Waals surface area contributed by atoms with Gasteiger partial charge in [0.15, 0.2) is 18.8 Å². The van der Waals surface area contributed by atoms with Gasteiger partial charge >= 0.3 is 5.97 Å². The number of hydrogen-bond donors (Lipinski definition) is 1. The summed E-state index contributed by atoms with van der Waals surface area (Å²) in [4.78, 5) is 23.2. The van der Waals surface area contributed by atoms with Crippen molar-refractivity contribution in [3.63, 3.8) is 0 Å². The van der Waals surface area contributed by atoms with Gasteiger partial charge in [-0.3, -0.25) is 4.79 Å². The maximum Gasteiger partial charge on any atom is 0.348 e. The number of hydrogen-bond acceptors (Lipinski definition) is 6. The van der Waals surface area contributed by atoms with Crippen molar-refractivity contribution in [1.82, 2.24) is 0 Å². The lowest BCUT2D eigenvalue weighted by Crippen LogP contribution is -2.16. The third-order valence-corrected chi connectivity index (χ3v) is 2.36. The minimum Gasteiger partial charge on any atom is -0.470 e. The molecule has 0 radical (unpaired) electrons. The first-order valence-electron chi connectivity index (χ1n) is 5.49. The lowest BCUT2D eigenvalue weighted by Gasteiger charge is -2.07. The van der Waals surface area contributed by atoms with Crippen LogP contribution in [0.2, 0.25) is 0 Å². The molecule has 0 aromatic heterocycles. The van der Waals surface area contributed by atoms with Crippen molar-refractivity contribution >= 4 is 17.4 Å². The van der Waals surface area contributed by atoms with Gasteiger partial charge < -0.3 is 14.8 Å². The third-order valence-electron chi connectivity index (χ3n) is 2.36. The average Bonchev–Trinajstić information content (AvgIpc) is 2.78. The van der Waals surface area contributed by atoms with Crippen molar-refractivity contribution in [1.29, 1.82) is 5.26 Å². The summed E-state index contributed by atoms with van der Waals surface area (Å²) >= 11 is 0. The van der Waals surface area contributed by atoms with Crippen molar-refractivity contribution in [2.75, 3.05) is 18.5 Å². The van der Waals surface area contributed by atoms with Gasteiger partial charge in [-0.05, 0) is 12.1 Å². The van der Waals surface area contributed by atoms with Gasteiger partial charge in [-0.15, -0.1) is 0 Å². The summed E-state index contributed by atoms with van der Waals surface area (Å²) < 4.78 is 9.73. The quantitative estimate of drug-likeness (QED) is 0.639. The van der Waals surface area contributed by atoms with Crippen LogP contribution in [-0.4, -0.2) is 25.0 Å². The highest BCUT2D eigenvalue weighted by molar-refractivity contribution is 6.19. The second kappa shape index (κ2) is 5.69. The number of nitrogens with zero attached hydrogens (tertiary/aromatic N) is 1. The van der Waals surface area contributed by atoms with E-state index in [4.69, 9.17) is 10.00 Å². The Labute approximate surface area is 109 Å². The number of Topliss-reactive ketones (excluding diaryl/α,β-unsaturated/α-hetero) is 1. The van der Waals surface area contributed by atoms with Crippen LogP contribution < -0.4 is 5.32 Å². The van der Waals surface area contributed by atoms with E-state index < -0.39 is 18.4 Å². The molecule has 0 saturated carbocycles. The van der Waals surface area contributed by atoms with Crippen LogP contribution in [0.25, 0.3) is 0 Å². The highest BCUT2D eigenvalue weighted by Gasteiger charge is 2.32. The summed E-state index contributed by atoms with van der Waals surface area (Å²) in [5.41, 5.74) is 0.483. The molecule has 0 aliphatic carbocycles. The molecule has 19 heavy (non-hydrogen) atoms. The van der Waals surface area contributed by atoms with Gasteiger partial charge in [-0.25, -0.2) is 4.79 Å². The average molecular weight is 258 g/mol. The predicted octanol–water partition coefficient (Wildman–Crippen LogP) is 0.976. The fourth-order valence-corrected chi connectivity index (χ4v) is 1.54. The van der Waals surface area contributed by atoms with Crippen molar-refractivity contribution in [2.45, 2.75) is 0 Å². The van der Waals surface area contributed by atoms with E-state index in [1.54, 1.807) is 30.3 Å². The number of esters is 1. The van der Waals surface area contributed by atoms with E-state index in [-0.39, 0.29) is 18.1 Å². The van der Waals surface area contributed by atoms with Crippen LogP contribution in [-0.2, 0) is 19.1 Å². The van der Waals surface area contributed by atoms with Crippen molar-refractivity contribution in [3.8, 4) is 6.07 Å². The summed E-state index contributed by atoms with van der Waals surface area (Å²) in [5, 5.41) is 11.2. The van der Waals surface area contributed by atoms with Gasteiger partial charge in [0.1, 0.15) is 6.07 Å². The summed E-state index contributed by atoms with van der Waals surface area (Å²) in [6.45, 7) is -0.625. The molecule has 2 rings (SSSR count). The number of rotatable bonds is 4. The topological polar surface area (TPSA) is 88.4 Å². The number of carbonyl (C=O) groups is 2. The first-order chi connectivity index (χ1) is 9.22. The molecule has 0 spiro atoms. The first kappa shape index (κ1) is 12.6. The lowest BCUT2D eigenvalue weighted by atomic mass is 10.2. The van der Waals surface area contributed by atoms with Crippen LogP contribution in [0.4, 0.5) is 5.69 Å². The molecule has 1 heterocycles. The predicted molar refractivity (Wildman–Crippen MR) is 64.6 cm³/mol. The van der Waals surface area contributed by atoms with E-state index in [1.807, 2.05) is 6.07 Å². The number of nitrogens with one attached hydrogen (secondary N) is 1. The molecule has 6 nitrogen and oxygen atoms in total. The number of para-hydroxylation sites is 1. The molecule has 0 atom stereocenters. The van der Waals surface area contributed by atoms with E-state index in [2.05, 4.69) is 10.1 Å². The molecule has 0 fully saturated rings. The van der Waals surface area contributed by atoms with Gasteiger partial charge in [-0.1, -0.05) is 18.2 Å². The molecule has 6 heteroatoms. The zero-order valence-electron chi connectivity index (χ0n) is 9.88. The maximum absolute atomic E-state index is 11.6. The monoisotopic (exact) mass is 258 g/mol. The summed E-state index contributed by atoms with van der Waals surface area (Å²) in [6.07, 6.45) is 0. The first-order valence-corrected chi connectivity index (χ1v) is 5.49. The van der Waals surface area contributed by atoms with E-state index in [0.717, 1.165) is 0 Å². The van der Waals surface area contributed by atoms with E-state index >= 15 is 0 Å². The van der Waals surface area contributed by atoms with Gasteiger partial charge in [0, 0.05) is 5.69 Å². The number of carbonyl (C=O) groups excluding carboxylic acids is 2. The molecule has 96 valence electrons. The van der Waals surface area contributed by atoms with Gasteiger partial charge in [0.05, 0.1) is 0 Å². The smallest absolute Gasteiger partial charge is 0.348 e. The van der Waals surface area contributed by atoms with Crippen LogP contribution >= 0.6 is 0 Å². The fraction of sp³-hybridized carbons (Fsp3) is 0.154. The standard InChI is InChI=1S/C13H10N2O4/c14-6-7-18-13(17)11-10(16)8-19-12(11)15-9-4-2-1-3-5-9/h1-5,15H,7-8H2. The molecule has 1 N–H and O–H groups in total. The second-order valence-corrected chi connectivity index (χ2v) is 3.64. The van der Waals surface area contributed by atoms with Crippen LogP contribution in [0.15, 0.2) is 41.8 Å². The molecule has 1 aliphatic rings. The largest absolute Gasteiger partial charge is 0.470 e. The Balaban J connectivity index is 2.20. The molecule has 0 unspecified atom stereocenters. The minimum absolute atomic E-state index is 0.0548. The molecule has 1 aliphatic heterocycles. The Morgan fingerprint density at radius 1 is 1.42 bits per heavy atom. The van der Waals surface area contributed by atoms with Gasteiger partial charge in [0.2, 0.25) is 11.7 Å². The molecule has 1 aromatic carbocycles. The highest BCUT2D eigenvalue weighted by Crippen LogP contribution is 2.20. The third kappa shape index (κ3) is 2.90. The fourth-order valence-electron chi connectivity index (χ4n) is 1.54. The Morgan fingerprint density at radius 3 is 2.84 bits per heavy atom. The van der Waals surface area contributed by atoms with Crippen molar-refractivity contribution in [3.05, 3.63) is 41.8 Å². The summed E-state index contributed by atoms with van der Waals surface area (Å²) in [6, 6.07) is 10.6. The molecule has 1 aromatic rings. The Morgan fingerprint density at radius 2 is 2.16 bits per heavy atom. The lowest BCUT2D eigenvalue weighted by molar-refractivity contribution is -0.138. The zero-order chi connectivity index (χ0) is 13.7. The Hall–Kier alpha value is -2.81. The van der Waals surface area contributed by atoms with E-state index in [0.29, 0.717) is 5.69 Å². The normalized spacial score (nSPS) is 13.7. The number of ketones is 1. The zero-order valence-corrected chi connectivity index (χ0v) is 9.88. The maximum atomic E-state index is 11.6. The minimum atomic E-state index is -0.859. The highest BCUT2D eigenvalue weighted by atomic mass is 16.5. The Kier molecular flexibility index (Phi) is 3.78. The van der Waals surface area contributed by atoms with Crippen LogP contribution in [0.1, 0.15) is 0 Å². The molecular weight excluding hydrogens is 248 g/mol. The van der Waals surface area contributed by atoms with Crippen LogP contribution in [0.3, 0.4) is 0 Å². The molecule has 0 saturated heterocycles. The van der Waals surface area contributed by atoms with Gasteiger partial charge in [-0.2, -0.15) is 5.26 Å². The van der Waals surface area contributed by atoms with Gasteiger partial charge in [0.25, 0.3) is 0 Å². The number of nitriles is 1. The number of anilines is 1. The van der Waals surface area contributed by atoms with E-state index in [9.17, 15) is 9.59 Å². The summed E-state index contributed by atoms with van der Waals surface area (Å²) in [7, 11) is 0. The molecular formula is C13H10N2O4. The van der Waals surface area contributed by atoms with Crippen molar-refractivity contribution in [2.24, 2.45) is 0 Å². The molecule has 0 bridgehead atoms. The number of benzene rings is 1. The Bertz CT molecular complexity index is 572. The van der Waals surface area contributed by atoms with Crippen LogP contribution in [0, 0.1) is 11.3 Å². The van der Waals surface area contributed by atoms with Crippen LogP contribution in [0.5, 0.6) is 0 Å². The molecule has 0 amide bonds. The SMILES string of the molecule is N#CCOC(=O)C1=C(Nc2ccccc2)OCC1=O. The van der Waals surface area contributed by atoms with Crippen molar-refractivity contribution < 1.29 is 19.1 Å². The summed E-state index contributed by atoms with van der Waals surface area (Å²) in [5.74, 6) is -1.28. The second-order valence-electron chi connectivity index (χ2n) is 3.64. The number of ether oxygens (including phenoxy) is 2. The van der Waals surface area contributed by atoms with E-state index in [1.165, 1.54) is 0 Å².